The van der Waals surface area contributed by atoms with Crippen molar-refractivity contribution in [3.63, 3.8) is 0 Å². The molecule has 1 heterocycles. The highest BCUT2D eigenvalue weighted by molar-refractivity contribution is 6.35. The van der Waals surface area contributed by atoms with E-state index in [1.165, 1.54) is 0 Å². The highest BCUT2D eigenvalue weighted by Crippen LogP contribution is 2.29. The molecule has 2 rings (SSSR count). The number of nitrogens with zero attached hydrogens (tertiary/aromatic N) is 1. The van der Waals surface area contributed by atoms with Crippen LogP contribution in [0.3, 0.4) is 0 Å². The second kappa shape index (κ2) is 8.58. The molecule has 1 saturated heterocycles. The molecule has 0 aromatic heterocycles. The van der Waals surface area contributed by atoms with E-state index in [2.05, 4.69) is 0 Å². The van der Waals surface area contributed by atoms with E-state index in [1.54, 1.807) is 36.9 Å². The van der Waals surface area contributed by atoms with Gasteiger partial charge >= 0.3 is 5.97 Å². The summed E-state index contributed by atoms with van der Waals surface area (Å²) in [5.74, 6) is -0.00979. The highest BCUT2D eigenvalue weighted by atomic mass is 35.5. The molecule has 0 unspecified atom stereocenters. The van der Waals surface area contributed by atoms with Crippen molar-refractivity contribution in [3.8, 4) is 5.75 Å². The lowest BCUT2D eigenvalue weighted by atomic mass is 9.97. The number of likely N-dealkylation sites (tertiary alicyclic amines) is 1. The average Bonchev–Trinajstić information content (AvgIpc) is 2.57. The van der Waals surface area contributed by atoms with Crippen molar-refractivity contribution in [2.75, 3.05) is 19.7 Å². The lowest BCUT2D eigenvalue weighted by molar-refractivity contribution is -0.152. The van der Waals surface area contributed by atoms with Crippen molar-refractivity contribution in [1.82, 2.24) is 4.90 Å². The molecular formula is C17H21Cl2NO4. The quantitative estimate of drug-likeness (QED) is 0.740. The Balaban J connectivity index is 1.89. The summed E-state index contributed by atoms with van der Waals surface area (Å²) in [6.45, 7) is 4.89. The zero-order valence-electron chi connectivity index (χ0n) is 13.8. The van der Waals surface area contributed by atoms with Gasteiger partial charge in [-0.2, -0.15) is 0 Å². The first kappa shape index (κ1) is 18.9. The van der Waals surface area contributed by atoms with Crippen LogP contribution >= 0.6 is 23.2 Å². The van der Waals surface area contributed by atoms with E-state index in [4.69, 9.17) is 32.7 Å². The number of benzene rings is 1. The number of carbonyl (C=O) groups excluding carboxylic acids is 2. The molecule has 0 N–H and O–H groups in total. The van der Waals surface area contributed by atoms with E-state index in [0.29, 0.717) is 48.3 Å². The first-order chi connectivity index (χ1) is 11.4. The minimum absolute atomic E-state index is 0.122. The van der Waals surface area contributed by atoms with Crippen molar-refractivity contribution in [3.05, 3.63) is 28.2 Å². The molecule has 24 heavy (non-hydrogen) atoms. The predicted octanol–water partition coefficient (Wildman–Crippen LogP) is 3.56. The van der Waals surface area contributed by atoms with E-state index >= 15 is 0 Å². The molecular weight excluding hydrogens is 353 g/mol. The summed E-state index contributed by atoms with van der Waals surface area (Å²) in [6.07, 6.45) is 0.556. The molecule has 1 aliphatic rings. The molecule has 1 atom stereocenters. The lowest BCUT2D eigenvalue weighted by Crippen LogP contribution is -2.46. The summed E-state index contributed by atoms with van der Waals surface area (Å²) in [5.41, 5.74) is 0. The molecule has 132 valence electrons. The number of esters is 1. The van der Waals surface area contributed by atoms with E-state index < -0.39 is 6.10 Å². The molecule has 1 fully saturated rings. The summed E-state index contributed by atoms with van der Waals surface area (Å²) in [6, 6.07) is 4.87. The Morgan fingerprint density at radius 1 is 1.29 bits per heavy atom. The molecule has 0 bridgehead atoms. The highest BCUT2D eigenvalue weighted by Gasteiger charge is 2.30. The van der Waals surface area contributed by atoms with Gasteiger partial charge in [-0.25, -0.2) is 0 Å². The van der Waals surface area contributed by atoms with Gasteiger partial charge in [0.2, 0.25) is 0 Å². The van der Waals surface area contributed by atoms with Crippen LogP contribution in [0, 0.1) is 5.92 Å². The number of carbonyl (C=O) groups is 2. The Morgan fingerprint density at radius 2 is 1.96 bits per heavy atom. The number of hydrogen-bond donors (Lipinski definition) is 0. The largest absolute Gasteiger partial charge is 0.479 e. The topological polar surface area (TPSA) is 55.8 Å². The Morgan fingerprint density at radius 3 is 2.54 bits per heavy atom. The van der Waals surface area contributed by atoms with E-state index in [1.807, 2.05) is 0 Å². The Bertz CT molecular complexity index is 600. The Labute approximate surface area is 151 Å². The fourth-order valence-corrected chi connectivity index (χ4v) is 3.12. The first-order valence-corrected chi connectivity index (χ1v) is 8.75. The van der Waals surface area contributed by atoms with Gasteiger partial charge in [-0.1, -0.05) is 23.2 Å². The van der Waals surface area contributed by atoms with Crippen LogP contribution in [0.5, 0.6) is 5.75 Å². The second-order valence-corrected chi connectivity index (χ2v) is 6.53. The zero-order valence-corrected chi connectivity index (χ0v) is 15.3. The SMILES string of the molecule is CCOC(=O)C1CCN(C(=O)[C@@H](C)Oc2ccc(Cl)cc2Cl)CC1. The number of piperidine rings is 1. The summed E-state index contributed by atoms with van der Waals surface area (Å²) < 4.78 is 10.7. The van der Waals surface area contributed by atoms with Crippen LogP contribution in [0.15, 0.2) is 18.2 Å². The fraction of sp³-hybridized carbons (Fsp3) is 0.529. The number of amides is 1. The van der Waals surface area contributed by atoms with Crippen LogP contribution in [-0.4, -0.2) is 42.6 Å². The third-order valence-electron chi connectivity index (χ3n) is 3.97. The molecule has 1 aliphatic heterocycles. The van der Waals surface area contributed by atoms with Gasteiger partial charge in [0.05, 0.1) is 17.5 Å². The summed E-state index contributed by atoms with van der Waals surface area (Å²) in [7, 11) is 0. The standard InChI is InChI=1S/C17H21Cl2NO4/c1-3-23-17(22)12-6-8-20(9-7-12)16(21)11(2)24-15-5-4-13(18)10-14(15)19/h4-5,10-12H,3,6-9H2,1-2H3/t11-/m1/s1. The Kier molecular flexibility index (Phi) is 6.75. The van der Waals surface area contributed by atoms with Crippen LogP contribution in [0.25, 0.3) is 0 Å². The molecule has 5 nitrogen and oxygen atoms in total. The van der Waals surface area contributed by atoms with Crippen molar-refractivity contribution < 1.29 is 19.1 Å². The van der Waals surface area contributed by atoms with Gasteiger partial charge in [0, 0.05) is 18.1 Å². The van der Waals surface area contributed by atoms with Gasteiger partial charge in [-0.15, -0.1) is 0 Å². The smallest absolute Gasteiger partial charge is 0.309 e. The third kappa shape index (κ3) is 4.77. The molecule has 0 radical (unpaired) electrons. The maximum atomic E-state index is 12.5. The number of ether oxygens (including phenoxy) is 2. The fourth-order valence-electron chi connectivity index (χ4n) is 2.66. The van der Waals surface area contributed by atoms with Crippen LogP contribution < -0.4 is 4.74 Å². The summed E-state index contributed by atoms with van der Waals surface area (Å²) in [4.78, 5) is 25.9. The molecule has 7 heteroatoms. The van der Waals surface area contributed by atoms with E-state index in [9.17, 15) is 9.59 Å². The lowest BCUT2D eigenvalue weighted by Gasteiger charge is -2.32. The normalized spacial score (nSPS) is 16.6. The van der Waals surface area contributed by atoms with Gasteiger partial charge < -0.3 is 14.4 Å². The monoisotopic (exact) mass is 373 g/mol. The summed E-state index contributed by atoms with van der Waals surface area (Å²) >= 11 is 11.9. The van der Waals surface area contributed by atoms with Gasteiger partial charge in [0.25, 0.3) is 5.91 Å². The van der Waals surface area contributed by atoms with Crippen LogP contribution in [0.4, 0.5) is 0 Å². The van der Waals surface area contributed by atoms with Crippen molar-refractivity contribution in [1.29, 1.82) is 0 Å². The second-order valence-electron chi connectivity index (χ2n) is 5.69. The van der Waals surface area contributed by atoms with Gasteiger partial charge in [0.15, 0.2) is 6.10 Å². The molecule has 1 aromatic rings. The van der Waals surface area contributed by atoms with Gasteiger partial charge in [-0.05, 0) is 44.9 Å². The average molecular weight is 374 g/mol. The maximum absolute atomic E-state index is 12.5. The Hall–Kier alpha value is -1.46. The number of rotatable bonds is 5. The molecule has 0 aliphatic carbocycles. The maximum Gasteiger partial charge on any atom is 0.309 e. The first-order valence-electron chi connectivity index (χ1n) is 7.99. The van der Waals surface area contributed by atoms with E-state index in [0.717, 1.165) is 0 Å². The van der Waals surface area contributed by atoms with Crippen molar-refractivity contribution >= 4 is 35.1 Å². The van der Waals surface area contributed by atoms with Gasteiger partial charge in [-0.3, -0.25) is 9.59 Å². The van der Waals surface area contributed by atoms with Crippen LogP contribution in [0.2, 0.25) is 10.0 Å². The molecule has 1 amide bonds. The summed E-state index contributed by atoms with van der Waals surface area (Å²) in [5, 5.41) is 0.871. The van der Waals surface area contributed by atoms with Crippen molar-refractivity contribution in [2.45, 2.75) is 32.8 Å². The molecule has 0 saturated carbocycles. The minimum atomic E-state index is -0.664. The van der Waals surface area contributed by atoms with E-state index in [-0.39, 0.29) is 17.8 Å². The third-order valence-corrected chi connectivity index (χ3v) is 4.50. The van der Waals surface area contributed by atoms with Crippen molar-refractivity contribution in [2.24, 2.45) is 5.92 Å². The number of halogens is 2. The van der Waals surface area contributed by atoms with Crippen LogP contribution in [-0.2, 0) is 14.3 Å². The molecule has 0 spiro atoms. The number of hydrogen-bond acceptors (Lipinski definition) is 4. The predicted molar refractivity (Wildman–Crippen MR) is 92.5 cm³/mol. The zero-order chi connectivity index (χ0) is 17.7. The van der Waals surface area contributed by atoms with Gasteiger partial charge in [0.1, 0.15) is 5.75 Å². The minimum Gasteiger partial charge on any atom is -0.479 e. The van der Waals surface area contributed by atoms with Crippen LogP contribution in [0.1, 0.15) is 26.7 Å². The molecule has 1 aromatic carbocycles.